The summed E-state index contributed by atoms with van der Waals surface area (Å²) >= 11 is 0. The number of aromatic nitrogens is 3. The summed E-state index contributed by atoms with van der Waals surface area (Å²) in [6.07, 6.45) is 5.02. The summed E-state index contributed by atoms with van der Waals surface area (Å²) in [5, 5.41) is 13.3. The molecule has 0 atom stereocenters. The highest BCUT2D eigenvalue weighted by molar-refractivity contribution is 5.86. The number of hydrogen-bond donors (Lipinski definition) is 2. The van der Waals surface area contributed by atoms with Crippen molar-refractivity contribution in [1.82, 2.24) is 14.6 Å². The van der Waals surface area contributed by atoms with Crippen LogP contribution in [-0.2, 0) is 5.54 Å². The van der Waals surface area contributed by atoms with Gasteiger partial charge in [-0.2, -0.15) is 5.10 Å². The molecule has 1 aliphatic rings. The Morgan fingerprint density at radius 3 is 2.38 bits per heavy atom. The highest BCUT2D eigenvalue weighted by atomic mass is 16.4. The smallest absolute Gasteiger partial charge is 0.356 e. The minimum absolute atomic E-state index is 0.0166. The van der Waals surface area contributed by atoms with Crippen molar-refractivity contribution in [3.8, 4) is 22.4 Å². The Hall–Kier alpha value is -3.51. The van der Waals surface area contributed by atoms with Gasteiger partial charge in [0, 0.05) is 11.1 Å². The molecule has 6 nitrogen and oxygen atoms in total. The maximum atomic E-state index is 11.2. The molecule has 1 saturated carbocycles. The Kier molecular flexibility index (Phi) is 3.96. The first kappa shape index (κ1) is 17.6. The molecule has 144 valence electrons. The number of fused-ring (bicyclic) bond motifs is 1. The average molecular weight is 384 g/mol. The van der Waals surface area contributed by atoms with Gasteiger partial charge in [0.25, 0.3) is 0 Å². The summed E-state index contributed by atoms with van der Waals surface area (Å²) in [4.78, 5) is 15.8. The van der Waals surface area contributed by atoms with Crippen LogP contribution in [0.2, 0.25) is 0 Å². The first-order chi connectivity index (χ1) is 14.0. The number of hydrogen-bond acceptors (Lipinski definition) is 4. The summed E-state index contributed by atoms with van der Waals surface area (Å²) in [7, 11) is 0. The first-order valence-corrected chi connectivity index (χ1v) is 9.62. The molecule has 2 heterocycles. The van der Waals surface area contributed by atoms with Gasteiger partial charge < -0.3 is 10.8 Å². The molecule has 0 bridgehead atoms. The molecule has 5 rings (SSSR count). The standard InChI is InChI=1S/C23H20N4O2/c24-23(12-3-13-23)16-8-6-15(7-9-16)17-4-1-2-5-18(17)20-14-27-21(25-20)11-10-19(26-27)22(28)29/h1-2,4-11,14H,3,12-13,24H2,(H,28,29). The van der Waals surface area contributed by atoms with Crippen LogP contribution in [0.25, 0.3) is 28.0 Å². The lowest BCUT2D eigenvalue weighted by molar-refractivity contribution is 0.0689. The summed E-state index contributed by atoms with van der Waals surface area (Å²) in [5.41, 5.74) is 11.9. The molecule has 0 amide bonds. The number of nitrogens with zero attached hydrogens (tertiary/aromatic N) is 3. The Morgan fingerprint density at radius 1 is 1.00 bits per heavy atom. The van der Waals surface area contributed by atoms with E-state index in [-0.39, 0.29) is 11.2 Å². The van der Waals surface area contributed by atoms with Crippen molar-refractivity contribution in [3.63, 3.8) is 0 Å². The van der Waals surface area contributed by atoms with Gasteiger partial charge in [0.2, 0.25) is 0 Å². The van der Waals surface area contributed by atoms with Gasteiger partial charge in [-0.25, -0.2) is 14.3 Å². The van der Waals surface area contributed by atoms with Crippen LogP contribution in [0, 0.1) is 0 Å². The summed E-state index contributed by atoms with van der Waals surface area (Å²) < 4.78 is 1.51. The Balaban J connectivity index is 1.56. The quantitative estimate of drug-likeness (QED) is 0.552. The van der Waals surface area contributed by atoms with Gasteiger partial charge >= 0.3 is 5.97 Å². The molecule has 29 heavy (non-hydrogen) atoms. The van der Waals surface area contributed by atoms with Crippen LogP contribution in [0.1, 0.15) is 35.3 Å². The molecule has 3 N–H and O–H groups in total. The number of rotatable bonds is 4. The van der Waals surface area contributed by atoms with E-state index in [2.05, 4.69) is 40.4 Å². The van der Waals surface area contributed by atoms with E-state index in [1.54, 1.807) is 12.3 Å². The molecular formula is C23H20N4O2. The third-order valence-electron chi connectivity index (χ3n) is 5.76. The van der Waals surface area contributed by atoms with Crippen molar-refractivity contribution in [2.24, 2.45) is 5.73 Å². The monoisotopic (exact) mass is 384 g/mol. The number of carbonyl (C=O) groups is 1. The molecule has 4 aromatic rings. The van der Waals surface area contributed by atoms with E-state index in [1.165, 1.54) is 22.6 Å². The average Bonchev–Trinajstić information content (AvgIpc) is 3.15. The van der Waals surface area contributed by atoms with Crippen LogP contribution in [-0.4, -0.2) is 25.7 Å². The van der Waals surface area contributed by atoms with Gasteiger partial charge in [-0.05, 0) is 48.1 Å². The second-order valence-corrected chi connectivity index (χ2v) is 7.59. The van der Waals surface area contributed by atoms with Crippen LogP contribution < -0.4 is 5.73 Å². The lowest BCUT2D eigenvalue weighted by Gasteiger charge is -2.38. The fourth-order valence-corrected chi connectivity index (χ4v) is 3.91. The lowest BCUT2D eigenvalue weighted by atomic mass is 9.72. The lowest BCUT2D eigenvalue weighted by Crippen LogP contribution is -2.43. The van der Waals surface area contributed by atoms with Crippen molar-refractivity contribution >= 4 is 11.6 Å². The second kappa shape index (κ2) is 6.53. The molecular weight excluding hydrogens is 364 g/mol. The van der Waals surface area contributed by atoms with Crippen LogP contribution in [0.3, 0.4) is 0 Å². The summed E-state index contributed by atoms with van der Waals surface area (Å²) in [5.74, 6) is -1.06. The van der Waals surface area contributed by atoms with Crippen molar-refractivity contribution in [2.45, 2.75) is 24.8 Å². The number of aromatic carboxylic acids is 1. The molecule has 0 aliphatic heterocycles. The minimum Gasteiger partial charge on any atom is -0.476 e. The first-order valence-electron chi connectivity index (χ1n) is 9.62. The van der Waals surface area contributed by atoms with E-state index < -0.39 is 5.97 Å². The summed E-state index contributed by atoms with van der Waals surface area (Å²) in [6.45, 7) is 0. The van der Waals surface area contributed by atoms with E-state index in [4.69, 9.17) is 10.8 Å². The fraction of sp³-hybridized carbons (Fsp3) is 0.174. The van der Waals surface area contributed by atoms with Gasteiger partial charge in [-0.15, -0.1) is 0 Å². The van der Waals surface area contributed by atoms with Crippen molar-refractivity contribution in [1.29, 1.82) is 0 Å². The molecule has 2 aromatic carbocycles. The highest BCUT2D eigenvalue weighted by Crippen LogP contribution is 2.40. The predicted octanol–water partition coefficient (Wildman–Crippen LogP) is 4.10. The Morgan fingerprint density at radius 2 is 1.72 bits per heavy atom. The van der Waals surface area contributed by atoms with E-state index in [0.29, 0.717) is 5.65 Å². The predicted molar refractivity (Wildman–Crippen MR) is 111 cm³/mol. The van der Waals surface area contributed by atoms with E-state index in [0.717, 1.165) is 35.2 Å². The summed E-state index contributed by atoms with van der Waals surface area (Å²) in [6, 6.07) is 19.6. The van der Waals surface area contributed by atoms with Gasteiger partial charge in [0.1, 0.15) is 0 Å². The zero-order chi connectivity index (χ0) is 20.0. The molecule has 2 aromatic heterocycles. The number of imidazole rings is 1. The topological polar surface area (TPSA) is 93.5 Å². The van der Waals surface area contributed by atoms with Gasteiger partial charge in [-0.1, -0.05) is 48.5 Å². The number of carboxylic acid groups (broad SMARTS) is 1. The van der Waals surface area contributed by atoms with Gasteiger partial charge in [-0.3, -0.25) is 0 Å². The number of carboxylic acids is 1. The maximum Gasteiger partial charge on any atom is 0.356 e. The normalized spacial score (nSPS) is 15.2. The van der Waals surface area contributed by atoms with Crippen LogP contribution in [0.5, 0.6) is 0 Å². The molecule has 1 aliphatic carbocycles. The van der Waals surface area contributed by atoms with E-state index >= 15 is 0 Å². The SMILES string of the molecule is NC1(c2ccc(-c3ccccc3-c3cn4nc(C(=O)O)ccc4n3)cc2)CCC1. The zero-order valence-electron chi connectivity index (χ0n) is 15.7. The number of nitrogens with two attached hydrogens (primary N) is 1. The zero-order valence-corrected chi connectivity index (χ0v) is 15.7. The maximum absolute atomic E-state index is 11.2. The second-order valence-electron chi connectivity index (χ2n) is 7.59. The van der Waals surface area contributed by atoms with Crippen molar-refractivity contribution in [2.75, 3.05) is 0 Å². The van der Waals surface area contributed by atoms with E-state index in [9.17, 15) is 4.79 Å². The Labute approximate surface area is 167 Å². The van der Waals surface area contributed by atoms with Crippen molar-refractivity contribution < 1.29 is 9.90 Å². The largest absolute Gasteiger partial charge is 0.476 e. The van der Waals surface area contributed by atoms with E-state index in [1.807, 2.05) is 18.2 Å². The molecule has 0 unspecified atom stereocenters. The number of benzene rings is 2. The molecule has 6 heteroatoms. The highest BCUT2D eigenvalue weighted by Gasteiger charge is 2.34. The fourth-order valence-electron chi connectivity index (χ4n) is 3.91. The van der Waals surface area contributed by atoms with Crippen LogP contribution in [0.4, 0.5) is 0 Å². The van der Waals surface area contributed by atoms with Crippen LogP contribution in [0.15, 0.2) is 66.9 Å². The van der Waals surface area contributed by atoms with Gasteiger partial charge in [0.15, 0.2) is 11.3 Å². The molecule has 0 radical (unpaired) electrons. The Bertz CT molecular complexity index is 1220. The molecule has 1 fully saturated rings. The molecule has 0 spiro atoms. The minimum atomic E-state index is -1.06. The molecule has 0 saturated heterocycles. The van der Waals surface area contributed by atoms with Crippen molar-refractivity contribution in [3.05, 3.63) is 78.1 Å². The van der Waals surface area contributed by atoms with Crippen LogP contribution >= 0.6 is 0 Å². The van der Waals surface area contributed by atoms with Gasteiger partial charge in [0.05, 0.1) is 11.9 Å². The third kappa shape index (κ3) is 2.98. The third-order valence-corrected chi connectivity index (χ3v) is 5.76.